The van der Waals surface area contributed by atoms with Gasteiger partial charge in [0, 0.05) is 12.1 Å². The van der Waals surface area contributed by atoms with Crippen molar-refractivity contribution in [2.45, 2.75) is 11.8 Å². The number of nitrogens with zero attached hydrogens (tertiary/aromatic N) is 1. The van der Waals surface area contributed by atoms with Crippen LogP contribution in [0.4, 0.5) is 0 Å². The van der Waals surface area contributed by atoms with Gasteiger partial charge in [-0.3, -0.25) is 4.79 Å². The molecule has 0 saturated heterocycles. The Morgan fingerprint density at radius 3 is 2.38 bits per heavy atom. The third-order valence-corrected chi connectivity index (χ3v) is 5.57. The molecule has 0 radical (unpaired) electrons. The molecule has 0 unspecified atom stereocenters. The van der Waals surface area contributed by atoms with Gasteiger partial charge in [0.05, 0.1) is 9.92 Å². The van der Waals surface area contributed by atoms with Gasteiger partial charge in [-0.2, -0.15) is 4.31 Å². The largest absolute Gasteiger partial charge is 0.424 e. The van der Waals surface area contributed by atoms with Crippen molar-refractivity contribution in [3.63, 3.8) is 0 Å². The average Bonchev–Trinajstić information content (AvgIpc) is 2.51. The normalized spacial score (nSPS) is 11.5. The molecule has 24 heavy (non-hydrogen) atoms. The lowest BCUT2D eigenvalue weighted by atomic mass is 10.2. The molecule has 0 fully saturated rings. The molecular weight excluding hydrogens is 373 g/mol. The molecule has 2 rings (SSSR count). The molecule has 0 amide bonds. The summed E-state index contributed by atoms with van der Waals surface area (Å²) in [5.74, 6) is -0.540. The lowest BCUT2D eigenvalue weighted by Crippen LogP contribution is -2.34. The van der Waals surface area contributed by atoms with Gasteiger partial charge in [-0.25, -0.2) is 8.42 Å². The molecule has 128 valence electrons. The first-order valence-electron chi connectivity index (χ1n) is 6.89. The number of carbonyl (C=O) groups is 1. The van der Waals surface area contributed by atoms with Crippen LogP contribution in [0.15, 0.2) is 47.4 Å². The Labute approximate surface area is 150 Å². The Morgan fingerprint density at radius 2 is 1.75 bits per heavy atom. The number of carbonyl (C=O) groups excluding carboxylic acids is 1. The zero-order valence-corrected chi connectivity index (χ0v) is 15.3. The minimum atomic E-state index is -3.82. The summed E-state index contributed by atoms with van der Waals surface area (Å²) in [6, 6.07) is 10.7. The van der Waals surface area contributed by atoms with Gasteiger partial charge in [-0.15, -0.1) is 0 Å². The molecule has 0 bridgehead atoms. The summed E-state index contributed by atoms with van der Waals surface area (Å²) in [5.41, 5.74) is 0.865. The van der Waals surface area contributed by atoms with Crippen LogP contribution in [0.3, 0.4) is 0 Å². The molecule has 0 spiro atoms. The highest BCUT2D eigenvalue weighted by molar-refractivity contribution is 7.89. The van der Waals surface area contributed by atoms with Gasteiger partial charge in [-0.1, -0.05) is 29.3 Å². The maximum absolute atomic E-state index is 12.4. The number of hydrogen-bond donors (Lipinski definition) is 0. The van der Waals surface area contributed by atoms with E-state index in [4.69, 9.17) is 27.9 Å². The van der Waals surface area contributed by atoms with E-state index in [9.17, 15) is 13.2 Å². The molecule has 2 aromatic rings. The van der Waals surface area contributed by atoms with Crippen LogP contribution in [0.25, 0.3) is 0 Å². The zero-order valence-electron chi connectivity index (χ0n) is 13.0. The van der Waals surface area contributed by atoms with Gasteiger partial charge in [-0.05, 0) is 48.9 Å². The predicted octanol–water partition coefficient (Wildman–Crippen LogP) is 3.53. The highest BCUT2D eigenvalue weighted by Gasteiger charge is 2.24. The van der Waals surface area contributed by atoms with Crippen LogP contribution in [-0.2, 0) is 14.8 Å². The van der Waals surface area contributed by atoms with Crippen molar-refractivity contribution in [2.24, 2.45) is 0 Å². The zero-order chi connectivity index (χ0) is 17.9. The maximum atomic E-state index is 12.4. The van der Waals surface area contributed by atoms with Crippen molar-refractivity contribution in [1.29, 1.82) is 0 Å². The Balaban J connectivity index is 2.10. The summed E-state index contributed by atoms with van der Waals surface area (Å²) in [6.07, 6.45) is 0. The van der Waals surface area contributed by atoms with Crippen LogP contribution in [0.2, 0.25) is 10.0 Å². The average molecular weight is 388 g/mol. The van der Waals surface area contributed by atoms with Crippen LogP contribution in [0.5, 0.6) is 5.75 Å². The number of hydrogen-bond acceptors (Lipinski definition) is 4. The molecule has 0 aliphatic carbocycles. The summed E-state index contributed by atoms with van der Waals surface area (Å²) < 4.78 is 30.9. The number of benzene rings is 2. The number of sulfonamides is 1. The van der Waals surface area contributed by atoms with E-state index in [2.05, 4.69) is 0 Å². The minimum Gasteiger partial charge on any atom is -0.424 e. The van der Waals surface area contributed by atoms with E-state index >= 15 is 0 Å². The van der Waals surface area contributed by atoms with Gasteiger partial charge in [0.25, 0.3) is 0 Å². The molecule has 2 aromatic carbocycles. The Bertz CT molecular complexity index is 851. The first-order chi connectivity index (χ1) is 11.2. The van der Waals surface area contributed by atoms with Gasteiger partial charge < -0.3 is 4.74 Å². The molecule has 0 aliphatic heterocycles. The first kappa shape index (κ1) is 18.7. The van der Waals surface area contributed by atoms with E-state index in [1.807, 2.05) is 6.92 Å². The summed E-state index contributed by atoms with van der Waals surface area (Å²) in [6.45, 7) is 1.38. The van der Waals surface area contributed by atoms with Crippen LogP contribution in [0, 0.1) is 6.92 Å². The number of likely N-dealkylation sites (N-methyl/N-ethyl adjacent to an activating group) is 1. The van der Waals surface area contributed by atoms with Gasteiger partial charge in [0.15, 0.2) is 0 Å². The smallest absolute Gasteiger partial charge is 0.326 e. The summed E-state index contributed by atoms with van der Waals surface area (Å²) in [5, 5.41) is 0.697. The van der Waals surface area contributed by atoms with E-state index < -0.39 is 22.5 Å². The molecule has 8 heteroatoms. The van der Waals surface area contributed by atoms with E-state index in [1.54, 1.807) is 18.2 Å². The Kier molecular flexibility index (Phi) is 5.87. The lowest BCUT2D eigenvalue weighted by Gasteiger charge is -2.16. The fraction of sp³-hybridized carbons (Fsp3) is 0.188. The molecule has 0 aromatic heterocycles. The van der Waals surface area contributed by atoms with Crippen LogP contribution in [-0.4, -0.2) is 32.3 Å². The summed E-state index contributed by atoms with van der Waals surface area (Å²) in [4.78, 5) is 12.0. The lowest BCUT2D eigenvalue weighted by molar-refractivity contribution is -0.134. The van der Waals surface area contributed by atoms with E-state index in [0.29, 0.717) is 5.02 Å². The van der Waals surface area contributed by atoms with Crippen molar-refractivity contribution < 1.29 is 17.9 Å². The van der Waals surface area contributed by atoms with Gasteiger partial charge in [0.1, 0.15) is 12.3 Å². The van der Waals surface area contributed by atoms with Crippen molar-refractivity contribution >= 4 is 39.2 Å². The minimum absolute atomic E-state index is 0.0378. The molecule has 5 nitrogen and oxygen atoms in total. The van der Waals surface area contributed by atoms with E-state index in [1.165, 1.54) is 31.3 Å². The molecule has 0 heterocycles. The van der Waals surface area contributed by atoms with E-state index in [0.717, 1.165) is 9.87 Å². The molecule has 0 aliphatic rings. The fourth-order valence-corrected chi connectivity index (χ4v) is 3.29. The Hall–Kier alpha value is -1.60. The van der Waals surface area contributed by atoms with Crippen LogP contribution < -0.4 is 4.74 Å². The third kappa shape index (κ3) is 4.48. The molecule has 0 saturated carbocycles. The number of halogens is 2. The second kappa shape index (κ2) is 7.53. The highest BCUT2D eigenvalue weighted by Crippen LogP contribution is 2.25. The molecule has 0 atom stereocenters. The number of aryl methyl sites for hydroxylation is 1. The van der Waals surface area contributed by atoms with Crippen LogP contribution in [0.1, 0.15) is 5.56 Å². The van der Waals surface area contributed by atoms with Crippen LogP contribution >= 0.6 is 23.2 Å². The predicted molar refractivity (Wildman–Crippen MR) is 93.1 cm³/mol. The summed E-state index contributed by atoms with van der Waals surface area (Å²) >= 11 is 11.7. The SMILES string of the molecule is Cc1ccc(Cl)c(OC(=O)CN(C)S(=O)(=O)c2ccc(Cl)cc2)c1. The number of ether oxygens (including phenoxy) is 1. The monoisotopic (exact) mass is 387 g/mol. The standard InChI is InChI=1S/C16H15Cl2NO4S/c1-11-3-8-14(18)15(9-11)23-16(20)10-19(2)24(21,22)13-6-4-12(17)5-7-13/h3-9H,10H2,1-2H3. The molecule has 0 N–H and O–H groups in total. The summed E-state index contributed by atoms with van der Waals surface area (Å²) in [7, 11) is -2.53. The third-order valence-electron chi connectivity index (χ3n) is 3.18. The number of esters is 1. The van der Waals surface area contributed by atoms with E-state index in [-0.39, 0.29) is 15.7 Å². The fourth-order valence-electron chi connectivity index (χ4n) is 1.90. The Morgan fingerprint density at radius 1 is 1.12 bits per heavy atom. The van der Waals surface area contributed by atoms with Crippen molar-refractivity contribution in [3.05, 3.63) is 58.1 Å². The quantitative estimate of drug-likeness (QED) is 0.581. The maximum Gasteiger partial charge on any atom is 0.326 e. The molecular formula is C16H15Cl2NO4S. The second-order valence-electron chi connectivity index (χ2n) is 5.12. The highest BCUT2D eigenvalue weighted by atomic mass is 35.5. The van der Waals surface area contributed by atoms with Crippen molar-refractivity contribution in [1.82, 2.24) is 4.31 Å². The second-order valence-corrected chi connectivity index (χ2v) is 8.01. The topological polar surface area (TPSA) is 63.7 Å². The number of rotatable bonds is 5. The van der Waals surface area contributed by atoms with Crippen molar-refractivity contribution in [2.75, 3.05) is 13.6 Å². The first-order valence-corrected chi connectivity index (χ1v) is 9.08. The van der Waals surface area contributed by atoms with Gasteiger partial charge in [0.2, 0.25) is 10.0 Å². The van der Waals surface area contributed by atoms with Gasteiger partial charge >= 0.3 is 5.97 Å². The van der Waals surface area contributed by atoms with Crippen molar-refractivity contribution in [3.8, 4) is 5.75 Å².